The number of nitrogens with zero attached hydrogens (tertiary/aromatic N) is 3. The molecule has 1 aliphatic heterocycles. The number of carbonyl (C=O) groups excluding carboxylic acids is 1. The molecule has 48 heavy (non-hydrogen) atoms. The lowest BCUT2D eigenvalue weighted by Gasteiger charge is -2.31. The van der Waals surface area contributed by atoms with Gasteiger partial charge in [-0.1, -0.05) is 0 Å². The van der Waals surface area contributed by atoms with Gasteiger partial charge in [-0.15, -0.1) is 5.10 Å². The molecule has 0 bridgehead atoms. The van der Waals surface area contributed by atoms with Crippen LogP contribution >= 0.6 is 0 Å². The predicted octanol–water partition coefficient (Wildman–Crippen LogP) is 6.27. The number of hydrogen-bond donors (Lipinski definition) is 3. The Morgan fingerprint density at radius 2 is 1.79 bits per heavy atom. The molecule has 0 radical (unpaired) electrons. The largest absolute Gasteiger partial charge is 0.494 e. The fraction of sp³-hybridized carbons (Fsp3) is 0.412. The van der Waals surface area contributed by atoms with Crippen LogP contribution in [0, 0.1) is 18.6 Å². The maximum absolute atomic E-state index is 15.7. The third-order valence-electron chi connectivity index (χ3n) is 7.72. The van der Waals surface area contributed by atoms with Crippen molar-refractivity contribution in [3.63, 3.8) is 0 Å². The third-order valence-corrected chi connectivity index (χ3v) is 7.72. The summed E-state index contributed by atoms with van der Waals surface area (Å²) in [6, 6.07) is 11.9. The number of alkyl halides is 3. The molecule has 1 aliphatic rings. The second kappa shape index (κ2) is 14.9. The van der Waals surface area contributed by atoms with E-state index in [2.05, 4.69) is 20.5 Å². The summed E-state index contributed by atoms with van der Waals surface area (Å²) in [7, 11) is 1.50. The van der Waals surface area contributed by atoms with Crippen LogP contribution in [0.3, 0.4) is 0 Å². The van der Waals surface area contributed by atoms with Gasteiger partial charge in [0, 0.05) is 41.7 Å². The van der Waals surface area contributed by atoms with Crippen LogP contribution in [0.1, 0.15) is 66.8 Å². The van der Waals surface area contributed by atoms with Gasteiger partial charge in [0.1, 0.15) is 28.4 Å². The first-order chi connectivity index (χ1) is 22.6. The van der Waals surface area contributed by atoms with Gasteiger partial charge in [-0.2, -0.15) is 18.3 Å². The zero-order valence-corrected chi connectivity index (χ0v) is 26.9. The molecule has 3 heterocycles. The van der Waals surface area contributed by atoms with Gasteiger partial charge in [-0.3, -0.25) is 4.79 Å². The molecule has 3 N–H and O–H groups in total. The van der Waals surface area contributed by atoms with Crippen molar-refractivity contribution in [2.75, 3.05) is 26.9 Å². The molecule has 2 aromatic carbocycles. The second-order valence-electron chi connectivity index (χ2n) is 12.0. The summed E-state index contributed by atoms with van der Waals surface area (Å²) in [6.07, 6.45) is -3.98. The minimum Gasteiger partial charge on any atom is -0.494 e. The molecule has 258 valence electrons. The van der Waals surface area contributed by atoms with E-state index >= 15 is 4.39 Å². The summed E-state index contributed by atoms with van der Waals surface area (Å²) in [5, 5.41) is 30.6. The molecule has 1 fully saturated rings. The van der Waals surface area contributed by atoms with E-state index in [1.165, 1.54) is 51.3 Å². The number of pyridine rings is 1. The fourth-order valence-electron chi connectivity index (χ4n) is 5.26. The van der Waals surface area contributed by atoms with E-state index in [1.54, 1.807) is 12.1 Å². The number of halogens is 5. The van der Waals surface area contributed by atoms with Crippen molar-refractivity contribution in [2.45, 2.75) is 63.8 Å². The molecule has 9 nitrogen and oxygen atoms in total. The molecular formula is C34H37F5N4O5. The van der Waals surface area contributed by atoms with Crippen LogP contribution in [-0.4, -0.2) is 64.3 Å². The normalized spacial score (nSPS) is 16.4. The van der Waals surface area contributed by atoms with Gasteiger partial charge in [0.25, 0.3) is 5.91 Å². The zero-order valence-electron chi connectivity index (χ0n) is 26.9. The van der Waals surface area contributed by atoms with Crippen molar-refractivity contribution in [3.05, 3.63) is 82.7 Å². The highest BCUT2D eigenvalue weighted by atomic mass is 19.4. The quantitative estimate of drug-likeness (QED) is 0.177. The minimum atomic E-state index is -4.11. The number of fused-ring (bicyclic) bond motifs is 1. The van der Waals surface area contributed by atoms with E-state index < -0.39 is 35.4 Å². The Labute approximate surface area is 274 Å². The molecule has 14 heteroatoms. The van der Waals surface area contributed by atoms with Crippen LogP contribution in [0.4, 0.5) is 22.0 Å². The van der Waals surface area contributed by atoms with Crippen molar-refractivity contribution >= 4 is 16.8 Å². The van der Waals surface area contributed by atoms with E-state index in [9.17, 15) is 27.5 Å². The van der Waals surface area contributed by atoms with Gasteiger partial charge in [-0.25, -0.2) is 13.8 Å². The average molecular weight is 677 g/mol. The third kappa shape index (κ3) is 8.79. The van der Waals surface area contributed by atoms with Crippen molar-refractivity contribution < 1.29 is 46.4 Å². The number of amides is 1. The number of ether oxygens (including phenoxy) is 2. The van der Waals surface area contributed by atoms with E-state index in [1.807, 2.05) is 13.0 Å². The van der Waals surface area contributed by atoms with Crippen LogP contribution in [0.25, 0.3) is 22.2 Å². The molecular weight excluding hydrogens is 639 g/mol. The summed E-state index contributed by atoms with van der Waals surface area (Å²) in [5.41, 5.74) is -0.295. The number of methoxy groups -OCH3 is 1. The van der Waals surface area contributed by atoms with Crippen LogP contribution in [0.5, 0.6) is 5.75 Å². The van der Waals surface area contributed by atoms with Crippen molar-refractivity contribution in [1.82, 2.24) is 20.5 Å². The Morgan fingerprint density at radius 3 is 2.35 bits per heavy atom. The van der Waals surface area contributed by atoms with Gasteiger partial charge in [0.2, 0.25) is 0 Å². The monoisotopic (exact) mass is 676 g/mol. The molecule has 0 aliphatic carbocycles. The summed E-state index contributed by atoms with van der Waals surface area (Å²) in [4.78, 5) is 18.0. The van der Waals surface area contributed by atoms with Crippen LogP contribution < -0.4 is 10.1 Å². The van der Waals surface area contributed by atoms with E-state index in [0.29, 0.717) is 58.6 Å². The molecule has 5 rings (SSSR count). The molecule has 1 amide bonds. The number of nitrogens with one attached hydrogen (secondary N) is 1. The standard InChI is InChI=1S/C30H30F2N4O4.C4H7F3O/c1-17-12-19-13-20(14-23(39-4)26(19)36-35-17)28(37)33-16-30(10-5-11-40-30)24-15-22(29(2,3)38)25(32)27(34-24)18-6-8-21(31)9-7-18;5-4(6,7)2-1-3-8/h6-9,12-15,38H,5,10-11,16H2,1-4H3,(H,33,37);8H,1-3H2/t30-;/m0./s1. The lowest BCUT2D eigenvalue weighted by atomic mass is 9.89. The first kappa shape index (κ1) is 36.6. The molecule has 0 saturated carbocycles. The number of aryl methyl sites for hydroxylation is 1. The first-order valence-corrected chi connectivity index (χ1v) is 15.2. The van der Waals surface area contributed by atoms with Gasteiger partial charge >= 0.3 is 6.18 Å². The maximum Gasteiger partial charge on any atom is 0.389 e. The van der Waals surface area contributed by atoms with Crippen molar-refractivity contribution in [3.8, 4) is 17.0 Å². The number of aromatic nitrogens is 3. The van der Waals surface area contributed by atoms with Gasteiger partial charge in [-0.05, 0) is 88.6 Å². The molecule has 1 saturated heterocycles. The molecule has 0 unspecified atom stereocenters. The number of carbonyl (C=O) groups is 1. The topological polar surface area (TPSA) is 127 Å². The summed E-state index contributed by atoms with van der Waals surface area (Å²) in [6.45, 7) is 4.84. The maximum atomic E-state index is 15.7. The molecule has 1 atom stereocenters. The Kier molecular flexibility index (Phi) is 11.3. The lowest BCUT2D eigenvalue weighted by Crippen LogP contribution is -2.41. The Bertz CT molecular complexity index is 1740. The van der Waals surface area contributed by atoms with Gasteiger partial charge in [0.05, 0.1) is 30.6 Å². The smallest absolute Gasteiger partial charge is 0.389 e. The summed E-state index contributed by atoms with van der Waals surface area (Å²) < 4.78 is 74.3. The Hall–Kier alpha value is -4.27. The fourth-order valence-corrected chi connectivity index (χ4v) is 5.26. The van der Waals surface area contributed by atoms with Gasteiger partial charge in [0.15, 0.2) is 5.82 Å². The van der Waals surface area contributed by atoms with Crippen molar-refractivity contribution in [1.29, 1.82) is 0 Å². The van der Waals surface area contributed by atoms with Crippen LogP contribution in [0.2, 0.25) is 0 Å². The van der Waals surface area contributed by atoms with Crippen LogP contribution in [0.15, 0.2) is 48.5 Å². The van der Waals surface area contributed by atoms with Gasteiger partial charge < -0.3 is 25.0 Å². The number of rotatable bonds is 9. The van der Waals surface area contributed by atoms with Crippen LogP contribution in [-0.2, 0) is 15.9 Å². The highest BCUT2D eigenvalue weighted by molar-refractivity contribution is 5.99. The molecule has 4 aromatic rings. The number of aliphatic hydroxyl groups excluding tert-OH is 1. The predicted molar refractivity (Wildman–Crippen MR) is 167 cm³/mol. The minimum absolute atomic E-state index is 0.0220. The molecule has 2 aromatic heterocycles. The van der Waals surface area contributed by atoms with E-state index in [0.717, 1.165) is 0 Å². The summed E-state index contributed by atoms with van der Waals surface area (Å²) >= 11 is 0. The number of aliphatic hydroxyl groups is 2. The lowest BCUT2D eigenvalue weighted by molar-refractivity contribution is -0.136. The highest BCUT2D eigenvalue weighted by Gasteiger charge is 2.41. The number of hydrogen-bond acceptors (Lipinski definition) is 8. The second-order valence-corrected chi connectivity index (χ2v) is 12.0. The SMILES string of the molecule is COc1cc(C(=O)NC[C@]2(c3cc(C(C)(C)O)c(F)c(-c4ccc(F)cc4)n3)CCCO2)cc2cc(C)nnc12.OCCCC(F)(F)F. The first-order valence-electron chi connectivity index (χ1n) is 15.2. The van der Waals surface area contributed by atoms with E-state index in [4.69, 9.17) is 14.6 Å². The highest BCUT2D eigenvalue weighted by Crippen LogP contribution is 2.39. The number of benzene rings is 2. The Balaban J connectivity index is 0.000000579. The van der Waals surface area contributed by atoms with E-state index in [-0.39, 0.29) is 36.7 Å². The summed E-state index contributed by atoms with van der Waals surface area (Å²) in [5.74, 6) is -1.12. The average Bonchev–Trinajstić information content (AvgIpc) is 3.52. The zero-order chi connectivity index (χ0) is 35.3. The molecule has 0 spiro atoms. The Morgan fingerprint density at radius 1 is 1.08 bits per heavy atom. The van der Waals surface area contributed by atoms with Crippen molar-refractivity contribution in [2.24, 2.45) is 0 Å².